The van der Waals surface area contributed by atoms with E-state index in [2.05, 4.69) is 54.2 Å². The molecule has 0 N–H and O–H groups in total. The van der Waals surface area contributed by atoms with Gasteiger partial charge >= 0.3 is 6.03 Å². The van der Waals surface area contributed by atoms with Crippen LogP contribution in [0.3, 0.4) is 0 Å². The van der Waals surface area contributed by atoms with Crippen LogP contribution in [-0.4, -0.2) is 167 Å². The number of hydrogen-bond acceptors (Lipinski definition) is 11. The zero-order valence-corrected chi connectivity index (χ0v) is 33.2. The highest BCUT2D eigenvalue weighted by Crippen LogP contribution is 2.49. The fourth-order valence-electron chi connectivity index (χ4n) is 7.31. The summed E-state index contributed by atoms with van der Waals surface area (Å²) in [6.07, 6.45) is 3.81. The van der Waals surface area contributed by atoms with E-state index in [-0.39, 0.29) is 17.1 Å². The molecule has 1 spiro atoms. The minimum Gasteiger partial charge on any atom is -0.497 e. The van der Waals surface area contributed by atoms with Gasteiger partial charge in [0.25, 0.3) is 0 Å². The molecule has 304 valence electrons. The Bertz CT molecular complexity index is 1280. The van der Waals surface area contributed by atoms with E-state index in [9.17, 15) is 4.79 Å². The summed E-state index contributed by atoms with van der Waals surface area (Å²) in [5, 5.41) is 0. The lowest BCUT2D eigenvalue weighted by Crippen LogP contribution is -2.56. The van der Waals surface area contributed by atoms with Gasteiger partial charge in [0.05, 0.1) is 112 Å². The third-order valence-electron chi connectivity index (χ3n) is 10.4. The summed E-state index contributed by atoms with van der Waals surface area (Å²) in [4.78, 5) is 20.5. The summed E-state index contributed by atoms with van der Waals surface area (Å²) in [6.45, 7) is 9.48. The summed E-state index contributed by atoms with van der Waals surface area (Å²) in [7, 11) is 7.67. The molecule has 2 aliphatic rings. The van der Waals surface area contributed by atoms with Crippen LogP contribution in [0.2, 0.25) is 0 Å². The van der Waals surface area contributed by atoms with Crippen LogP contribution >= 0.6 is 0 Å². The summed E-state index contributed by atoms with van der Waals surface area (Å²) in [6, 6.07) is 18.9. The van der Waals surface area contributed by atoms with Gasteiger partial charge in [0.2, 0.25) is 0 Å². The molecular formula is C41H65N3O10. The van der Waals surface area contributed by atoms with Crippen LogP contribution in [0.25, 0.3) is 0 Å². The number of amides is 2. The second-order valence-electron chi connectivity index (χ2n) is 13.9. The number of benzene rings is 2. The first-order valence-corrected chi connectivity index (χ1v) is 19.4. The zero-order chi connectivity index (χ0) is 38.3. The molecule has 0 unspecified atom stereocenters. The van der Waals surface area contributed by atoms with Crippen LogP contribution in [-0.2, 0) is 50.0 Å². The maximum atomic E-state index is 14.0. The van der Waals surface area contributed by atoms with E-state index < -0.39 is 0 Å². The number of carbonyl (C=O) groups excluding carboxylic acids is 1. The fourth-order valence-corrected chi connectivity index (χ4v) is 7.31. The van der Waals surface area contributed by atoms with Crippen LogP contribution in [0.5, 0.6) is 5.75 Å². The van der Waals surface area contributed by atoms with Gasteiger partial charge in [-0.2, -0.15) is 0 Å². The third kappa shape index (κ3) is 13.7. The molecule has 13 nitrogen and oxygen atoms in total. The van der Waals surface area contributed by atoms with Crippen molar-refractivity contribution < 1.29 is 47.4 Å². The van der Waals surface area contributed by atoms with Crippen molar-refractivity contribution in [2.24, 2.45) is 0 Å². The molecule has 0 radical (unpaired) electrons. The molecule has 1 heterocycles. The Kier molecular flexibility index (Phi) is 20.0. The summed E-state index contributed by atoms with van der Waals surface area (Å²) < 4.78 is 49.4. The monoisotopic (exact) mass is 759 g/mol. The molecule has 0 bridgehead atoms. The molecular weight excluding hydrogens is 694 g/mol. The highest BCUT2D eigenvalue weighted by molar-refractivity contribution is 5.78. The Hall–Kier alpha value is -2.85. The van der Waals surface area contributed by atoms with Crippen LogP contribution in [0.4, 0.5) is 4.79 Å². The number of rotatable bonds is 29. The number of urea groups is 1. The van der Waals surface area contributed by atoms with E-state index in [1.807, 2.05) is 29.2 Å². The van der Waals surface area contributed by atoms with Crippen molar-refractivity contribution in [2.75, 3.05) is 141 Å². The lowest BCUT2D eigenvalue weighted by Gasteiger charge is -2.51. The van der Waals surface area contributed by atoms with Gasteiger partial charge in [-0.05, 0) is 63.0 Å². The Morgan fingerprint density at radius 1 is 0.593 bits per heavy atom. The quantitative estimate of drug-likeness (QED) is 0.110. The van der Waals surface area contributed by atoms with Crippen LogP contribution in [0.15, 0.2) is 54.6 Å². The van der Waals surface area contributed by atoms with E-state index in [1.54, 1.807) is 14.2 Å². The van der Waals surface area contributed by atoms with Gasteiger partial charge in [-0.3, -0.25) is 4.90 Å². The van der Waals surface area contributed by atoms with Gasteiger partial charge in [0.15, 0.2) is 0 Å². The number of methoxy groups -OCH3 is 2. The predicted molar refractivity (Wildman–Crippen MR) is 206 cm³/mol. The average Bonchev–Trinajstić information content (AvgIpc) is 3.44. The van der Waals surface area contributed by atoms with Gasteiger partial charge in [-0.1, -0.05) is 42.5 Å². The van der Waals surface area contributed by atoms with Crippen molar-refractivity contribution in [1.29, 1.82) is 0 Å². The summed E-state index contributed by atoms with van der Waals surface area (Å²) >= 11 is 0. The molecule has 1 aliphatic carbocycles. The minimum absolute atomic E-state index is 0.0544. The maximum Gasteiger partial charge on any atom is 0.320 e. The highest BCUT2D eigenvalue weighted by Gasteiger charge is 2.54. The normalized spacial score (nSPS) is 20.1. The van der Waals surface area contributed by atoms with E-state index in [4.69, 9.17) is 42.6 Å². The molecule has 2 amide bonds. The summed E-state index contributed by atoms with van der Waals surface area (Å²) in [5.41, 5.74) is 2.14. The molecule has 4 rings (SSSR count). The first-order chi connectivity index (χ1) is 26.4. The average molecular weight is 760 g/mol. The lowest BCUT2D eigenvalue weighted by molar-refractivity contribution is -0.0235. The summed E-state index contributed by atoms with van der Waals surface area (Å²) in [5.74, 6) is 0.810. The molecule has 1 saturated carbocycles. The van der Waals surface area contributed by atoms with Gasteiger partial charge in [0.1, 0.15) is 5.75 Å². The molecule has 2 fully saturated rings. The van der Waals surface area contributed by atoms with E-state index in [1.165, 1.54) is 5.56 Å². The van der Waals surface area contributed by atoms with Crippen LogP contribution in [0.1, 0.15) is 36.8 Å². The van der Waals surface area contributed by atoms with Gasteiger partial charge < -0.3 is 52.4 Å². The van der Waals surface area contributed by atoms with Gasteiger partial charge in [-0.15, -0.1) is 0 Å². The lowest BCUT2D eigenvalue weighted by atomic mass is 9.68. The van der Waals surface area contributed by atoms with Gasteiger partial charge in [0, 0.05) is 32.3 Å². The number of ether oxygens (including phenoxy) is 9. The molecule has 2 aromatic carbocycles. The predicted octanol–water partition coefficient (Wildman–Crippen LogP) is 4.47. The van der Waals surface area contributed by atoms with Crippen molar-refractivity contribution in [2.45, 2.75) is 43.3 Å². The number of hydrogen-bond donors (Lipinski definition) is 0. The SMILES string of the molecule is COCCOCCOCCOCCOCCOCCOCCOCCN1C(=O)N(Cc2ccc(OC)cc2)C[C@]12CC[C@@](c1ccccc1)(N(C)C)CC2. The van der Waals surface area contributed by atoms with Crippen molar-refractivity contribution in [3.8, 4) is 5.75 Å². The Morgan fingerprint density at radius 3 is 1.50 bits per heavy atom. The second kappa shape index (κ2) is 24.6. The van der Waals surface area contributed by atoms with Crippen molar-refractivity contribution in [3.63, 3.8) is 0 Å². The third-order valence-corrected chi connectivity index (χ3v) is 10.4. The smallest absolute Gasteiger partial charge is 0.320 e. The van der Waals surface area contributed by atoms with Crippen molar-refractivity contribution in [3.05, 3.63) is 65.7 Å². The fraction of sp³-hybridized carbons (Fsp3) is 0.683. The minimum atomic E-state index is -0.235. The van der Waals surface area contributed by atoms with E-state index >= 15 is 0 Å². The maximum absolute atomic E-state index is 14.0. The number of nitrogens with zero attached hydrogens (tertiary/aromatic N) is 3. The Morgan fingerprint density at radius 2 is 1.06 bits per heavy atom. The zero-order valence-electron chi connectivity index (χ0n) is 33.2. The molecule has 13 heteroatoms. The molecule has 0 aromatic heterocycles. The van der Waals surface area contributed by atoms with Gasteiger partial charge in [-0.25, -0.2) is 4.79 Å². The van der Waals surface area contributed by atoms with Crippen LogP contribution < -0.4 is 4.74 Å². The molecule has 2 aromatic rings. The van der Waals surface area contributed by atoms with Crippen molar-refractivity contribution in [1.82, 2.24) is 14.7 Å². The molecule has 1 aliphatic heterocycles. The Balaban J connectivity index is 1.10. The van der Waals surface area contributed by atoms with Crippen molar-refractivity contribution >= 4 is 6.03 Å². The number of carbonyl (C=O) groups is 1. The van der Waals surface area contributed by atoms with E-state index in [0.29, 0.717) is 119 Å². The van der Waals surface area contributed by atoms with E-state index in [0.717, 1.165) is 37.0 Å². The topological polar surface area (TPSA) is 110 Å². The first kappa shape index (κ1) is 43.9. The highest BCUT2D eigenvalue weighted by atomic mass is 16.6. The largest absolute Gasteiger partial charge is 0.497 e. The second-order valence-corrected chi connectivity index (χ2v) is 13.9. The molecule has 1 saturated heterocycles. The first-order valence-electron chi connectivity index (χ1n) is 19.4. The van der Waals surface area contributed by atoms with Crippen LogP contribution in [0, 0.1) is 0 Å². The molecule has 0 atom stereocenters. The Labute approximate surface area is 323 Å². The molecule has 54 heavy (non-hydrogen) atoms. The standard InChI is InChI=1S/C41H65N3O10/c1-42(2)41(37-8-6-5-7-9-37)16-14-40(15-17-41)35-43(34-36-10-12-38(47-4)13-11-36)39(45)44(40)18-19-48-22-23-50-26-27-52-30-31-54-33-32-53-29-28-51-25-24-49-21-20-46-3/h5-13H,14-35H2,1-4H3/t40-,41-.